The maximum atomic E-state index is 12.7. The molecule has 140 valence electrons. The summed E-state index contributed by atoms with van der Waals surface area (Å²) in [5.41, 5.74) is 0.446. The number of sulfonamides is 1. The number of aromatic nitrogens is 2. The van der Waals surface area contributed by atoms with E-state index in [9.17, 15) is 18.5 Å². The highest BCUT2D eigenvalue weighted by atomic mass is 32.2. The number of benzene rings is 1. The van der Waals surface area contributed by atoms with E-state index >= 15 is 0 Å². The molecule has 26 heavy (non-hydrogen) atoms. The first-order valence-electron chi connectivity index (χ1n) is 8.36. The van der Waals surface area contributed by atoms with Crippen LogP contribution in [0.1, 0.15) is 12.6 Å². The van der Waals surface area contributed by atoms with Crippen molar-refractivity contribution in [3.8, 4) is 0 Å². The molecule has 0 N–H and O–H groups in total. The number of piperazine rings is 1. The maximum absolute atomic E-state index is 12.7. The van der Waals surface area contributed by atoms with Crippen LogP contribution in [0.5, 0.6) is 0 Å². The Hall–Kier alpha value is -2.46. The van der Waals surface area contributed by atoms with Crippen molar-refractivity contribution >= 4 is 21.5 Å². The highest BCUT2D eigenvalue weighted by Gasteiger charge is 2.34. The second-order valence-electron chi connectivity index (χ2n) is 6.06. The Morgan fingerprint density at radius 1 is 1.15 bits per heavy atom. The number of nitrogens with zero attached hydrogens (tertiary/aromatic N) is 5. The van der Waals surface area contributed by atoms with Crippen LogP contribution in [0.4, 0.5) is 11.5 Å². The van der Waals surface area contributed by atoms with Crippen molar-refractivity contribution in [2.75, 3.05) is 31.1 Å². The molecule has 10 heteroatoms. The van der Waals surface area contributed by atoms with Crippen LogP contribution in [-0.4, -0.2) is 53.6 Å². The molecule has 2 heterocycles. The molecular formula is C16H21N5O4S. The third kappa shape index (κ3) is 3.17. The first-order valence-corrected chi connectivity index (χ1v) is 9.80. The minimum Gasteiger partial charge on any atom is -0.348 e. The fraction of sp³-hybridized carbons (Fsp3) is 0.438. The largest absolute Gasteiger partial charge is 0.348 e. The Bertz CT molecular complexity index is 902. The van der Waals surface area contributed by atoms with Crippen LogP contribution in [-0.2, 0) is 23.5 Å². The van der Waals surface area contributed by atoms with Crippen LogP contribution >= 0.6 is 0 Å². The number of hydrogen-bond donors (Lipinski definition) is 0. The summed E-state index contributed by atoms with van der Waals surface area (Å²) in [6.07, 6.45) is 0.465. The molecule has 2 aromatic rings. The van der Waals surface area contributed by atoms with E-state index in [1.165, 1.54) is 8.99 Å². The lowest BCUT2D eigenvalue weighted by atomic mass is 10.2. The molecule has 9 nitrogen and oxygen atoms in total. The molecule has 1 aromatic heterocycles. The zero-order valence-corrected chi connectivity index (χ0v) is 15.5. The lowest BCUT2D eigenvalue weighted by Gasteiger charge is -2.34. The van der Waals surface area contributed by atoms with Crippen molar-refractivity contribution in [2.24, 2.45) is 7.05 Å². The molecule has 1 fully saturated rings. The van der Waals surface area contributed by atoms with Crippen LogP contribution in [0.2, 0.25) is 0 Å². The number of anilines is 1. The minimum absolute atomic E-state index is 0.00867. The van der Waals surface area contributed by atoms with Gasteiger partial charge < -0.3 is 4.90 Å². The van der Waals surface area contributed by atoms with E-state index in [2.05, 4.69) is 5.10 Å². The molecule has 0 spiro atoms. The van der Waals surface area contributed by atoms with Gasteiger partial charge in [-0.05, 0) is 18.6 Å². The number of aryl methyl sites for hydroxylation is 2. The van der Waals surface area contributed by atoms with Gasteiger partial charge in [0.2, 0.25) is 15.8 Å². The van der Waals surface area contributed by atoms with Gasteiger partial charge in [-0.3, -0.25) is 10.1 Å². The minimum atomic E-state index is -3.55. The average Bonchev–Trinajstić information content (AvgIpc) is 2.99. The summed E-state index contributed by atoms with van der Waals surface area (Å²) in [7, 11) is -1.88. The Morgan fingerprint density at radius 2 is 1.77 bits per heavy atom. The molecule has 0 atom stereocenters. The molecule has 1 aliphatic heterocycles. The maximum Gasteiger partial charge on any atom is 0.334 e. The number of rotatable bonds is 5. The zero-order valence-electron chi connectivity index (χ0n) is 14.7. The molecule has 0 radical (unpaired) electrons. The van der Waals surface area contributed by atoms with Gasteiger partial charge in [0, 0.05) is 33.2 Å². The molecule has 0 saturated carbocycles. The smallest absolute Gasteiger partial charge is 0.334 e. The molecule has 0 aliphatic carbocycles. The van der Waals surface area contributed by atoms with E-state index < -0.39 is 14.9 Å². The van der Waals surface area contributed by atoms with Gasteiger partial charge in [0.25, 0.3) is 0 Å². The van der Waals surface area contributed by atoms with Gasteiger partial charge in [0.15, 0.2) is 0 Å². The van der Waals surface area contributed by atoms with Crippen LogP contribution < -0.4 is 4.90 Å². The molecule has 0 amide bonds. The summed E-state index contributed by atoms with van der Waals surface area (Å²) in [6, 6.07) is 8.29. The summed E-state index contributed by atoms with van der Waals surface area (Å²) in [6.45, 7) is 3.09. The lowest BCUT2D eigenvalue weighted by molar-refractivity contribution is -0.384. The predicted octanol–water partition coefficient (Wildman–Crippen LogP) is 1.40. The van der Waals surface area contributed by atoms with Gasteiger partial charge in [-0.15, -0.1) is 0 Å². The summed E-state index contributed by atoms with van der Waals surface area (Å²) in [4.78, 5) is 13.2. The summed E-state index contributed by atoms with van der Waals surface area (Å²) in [5, 5.41) is 15.7. The van der Waals surface area contributed by atoms with Crippen molar-refractivity contribution in [1.82, 2.24) is 14.1 Å². The lowest BCUT2D eigenvalue weighted by Crippen LogP contribution is -2.49. The summed E-state index contributed by atoms with van der Waals surface area (Å²) in [5.74, 6) is 0.434. The van der Waals surface area contributed by atoms with Gasteiger partial charge in [-0.1, -0.05) is 25.1 Å². The Kier molecular flexibility index (Phi) is 4.97. The SMILES string of the molecule is CCc1nn(C)c(N2CCN(S(=O)(=O)c3ccccc3)CC2)c1[N+](=O)[O-]. The van der Waals surface area contributed by atoms with E-state index in [0.717, 1.165) is 0 Å². The fourth-order valence-corrected chi connectivity index (χ4v) is 4.66. The van der Waals surface area contributed by atoms with E-state index in [-0.39, 0.29) is 23.7 Å². The number of hydrogen-bond acceptors (Lipinski definition) is 6. The first kappa shape index (κ1) is 18.3. The second kappa shape index (κ2) is 7.04. The molecule has 1 aliphatic rings. The van der Waals surface area contributed by atoms with Crippen LogP contribution in [0.3, 0.4) is 0 Å². The molecule has 1 aromatic carbocycles. The van der Waals surface area contributed by atoms with Crippen LogP contribution in [0.15, 0.2) is 35.2 Å². The number of nitro groups is 1. The second-order valence-corrected chi connectivity index (χ2v) is 8.00. The van der Waals surface area contributed by atoms with Gasteiger partial charge >= 0.3 is 5.69 Å². The van der Waals surface area contributed by atoms with E-state index in [0.29, 0.717) is 31.0 Å². The Morgan fingerprint density at radius 3 is 2.31 bits per heavy atom. The normalized spacial score (nSPS) is 16.0. The standard InChI is InChI=1S/C16H21N5O4S/c1-3-14-15(21(22)23)16(18(2)17-14)19-9-11-20(12-10-19)26(24,25)13-7-5-4-6-8-13/h4-8H,3,9-12H2,1-2H3. The fourth-order valence-electron chi connectivity index (χ4n) is 3.22. The Balaban J connectivity index is 1.82. The van der Waals surface area contributed by atoms with Gasteiger partial charge in [-0.25, -0.2) is 13.1 Å². The van der Waals surface area contributed by atoms with E-state index in [1.54, 1.807) is 37.4 Å². The molecular weight excluding hydrogens is 358 g/mol. The predicted molar refractivity (Wildman–Crippen MR) is 96.7 cm³/mol. The van der Waals surface area contributed by atoms with Crippen molar-refractivity contribution < 1.29 is 13.3 Å². The third-order valence-corrected chi connectivity index (χ3v) is 6.41. The van der Waals surface area contributed by atoms with Crippen molar-refractivity contribution in [2.45, 2.75) is 18.2 Å². The van der Waals surface area contributed by atoms with Crippen molar-refractivity contribution in [1.29, 1.82) is 0 Å². The van der Waals surface area contributed by atoms with E-state index in [4.69, 9.17) is 0 Å². The van der Waals surface area contributed by atoms with Gasteiger partial charge in [0.05, 0.1) is 9.82 Å². The van der Waals surface area contributed by atoms with E-state index in [1.807, 2.05) is 11.8 Å². The molecule has 0 unspecified atom stereocenters. The highest BCUT2D eigenvalue weighted by molar-refractivity contribution is 7.89. The average molecular weight is 379 g/mol. The van der Waals surface area contributed by atoms with Crippen LogP contribution in [0, 0.1) is 10.1 Å². The van der Waals surface area contributed by atoms with Crippen LogP contribution in [0.25, 0.3) is 0 Å². The quantitative estimate of drug-likeness (QED) is 0.575. The first-order chi connectivity index (χ1) is 12.4. The van der Waals surface area contributed by atoms with Crippen molar-refractivity contribution in [3.05, 3.63) is 46.1 Å². The summed E-state index contributed by atoms with van der Waals surface area (Å²) >= 11 is 0. The molecule has 0 bridgehead atoms. The summed E-state index contributed by atoms with van der Waals surface area (Å²) < 4.78 is 28.3. The van der Waals surface area contributed by atoms with Crippen molar-refractivity contribution in [3.63, 3.8) is 0 Å². The monoisotopic (exact) mass is 379 g/mol. The zero-order chi connectivity index (χ0) is 18.9. The molecule has 1 saturated heterocycles. The third-order valence-electron chi connectivity index (χ3n) is 4.50. The van der Waals surface area contributed by atoms with Gasteiger partial charge in [-0.2, -0.15) is 9.40 Å². The Labute approximate surface area is 152 Å². The molecule has 3 rings (SSSR count). The van der Waals surface area contributed by atoms with Gasteiger partial charge in [0.1, 0.15) is 5.69 Å². The topological polar surface area (TPSA) is 102 Å². The highest BCUT2D eigenvalue weighted by Crippen LogP contribution is 2.32.